The molecule has 0 amide bonds. The van der Waals surface area contributed by atoms with E-state index in [0.717, 1.165) is 10.1 Å². The molecule has 2 aromatic heterocycles. The van der Waals surface area contributed by atoms with Crippen LogP contribution in [0.2, 0.25) is 0 Å². The van der Waals surface area contributed by atoms with E-state index in [4.69, 9.17) is 4.74 Å². The van der Waals surface area contributed by atoms with Gasteiger partial charge in [-0.1, -0.05) is 0 Å². The number of aromatic nitrogens is 3. The van der Waals surface area contributed by atoms with Gasteiger partial charge in [0.25, 0.3) is 0 Å². The molecule has 3 heterocycles. The standard InChI is InChI=1S/C12H15BrN4O2/c13-9-2-1-5-17-10(9)15-11(16-17)14-8-12(18)3-6-19-7-4-12/h1-2,5,18H,3-4,6-8H2,(H,14,16). The number of ether oxygens (including phenoxy) is 1. The number of fused-ring (bicyclic) bond motifs is 1. The number of hydrogen-bond acceptors (Lipinski definition) is 5. The predicted octanol–water partition coefficient (Wildman–Crippen LogP) is 1.45. The Morgan fingerprint density at radius 1 is 1.47 bits per heavy atom. The monoisotopic (exact) mass is 326 g/mol. The average molecular weight is 327 g/mol. The first-order chi connectivity index (χ1) is 9.16. The summed E-state index contributed by atoms with van der Waals surface area (Å²) in [5.74, 6) is 0.520. The molecule has 0 unspecified atom stereocenters. The van der Waals surface area contributed by atoms with Crippen molar-refractivity contribution in [1.82, 2.24) is 14.6 Å². The predicted molar refractivity (Wildman–Crippen MR) is 74.2 cm³/mol. The number of nitrogens with zero attached hydrogens (tertiary/aromatic N) is 3. The summed E-state index contributed by atoms with van der Waals surface area (Å²) in [5.41, 5.74) is 0.0245. The lowest BCUT2D eigenvalue weighted by Gasteiger charge is -2.31. The Kier molecular flexibility index (Phi) is 3.42. The quantitative estimate of drug-likeness (QED) is 0.893. The van der Waals surface area contributed by atoms with E-state index in [1.807, 2.05) is 18.3 Å². The third-order valence-corrected chi connectivity index (χ3v) is 3.93. The summed E-state index contributed by atoms with van der Waals surface area (Å²) in [6, 6.07) is 3.81. The lowest BCUT2D eigenvalue weighted by atomic mass is 9.94. The van der Waals surface area contributed by atoms with E-state index in [-0.39, 0.29) is 0 Å². The third-order valence-electron chi connectivity index (χ3n) is 3.31. The molecule has 1 aliphatic rings. The molecule has 1 fully saturated rings. The zero-order valence-electron chi connectivity index (χ0n) is 10.3. The Balaban J connectivity index is 1.73. The molecular formula is C12H15BrN4O2. The Morgan fingerprint density at radius 3 is 3.00 bits per heavy atom. The first-order valence-electron chi connectivity index (χ1n) is 6.21. The average Bonchev–Trinajstić information content (AvgIpc) is 2.82. The van der Waals surface area contributed by atoms with Crippen LogP contribution in [0.5, 0.6) is 0 Å². The molecule has 19 heavy (non-hydrogen) atoms. The molecule has 0 aromatic carbocycles. The fraction of sp³-hybridized carbons (Fsp3) is 0.500. The smallest absolute Gasteiger partial charge is 0.243 e. The maximum Gasteiger partial charge on any atom is 0.243 e. The van der Waals surface area contributed by atoms with Crippen molar-refractivity contribution >= 4 is 27.5 Å². The molecule has 3 rings (SSSR count). The summed E-state index contributed by atoms with van der Waals surface area (Å²) >= 11 is 3.43. The molecule has 0 radical (unpaired) electrons. The van der Waals surface area contributed by atoms with Gasteiger partial charge in [-0.05, 0) is 28.1 Å². The number of anilines is 1. The summed E-state index contributed by atoms with van der Waals surface area (Å²) in [5, 5.41) is 17.8. The lowest BCUT2D eigenvalue weighted by Crippen LogP contribution is -2.42. The van der Waals surface area contributed by atoms with Crippen molar-refractivity contribution in [3.63, 3.8) is 0 Å². The molecule has 7 heteroatoms. The highest BCUT2D eigenvalue weighted by Crippen LogP contribution is 2.21. The van der Waals surface area contributed by atoms with Crippen molar-refractivity contribution in [3.05, 3.63) is 22.8 Å². The molecule has 6 nitrogen and oxygen atoms in total. The highest BCUT2D eigenvalue weighted by Gasteiger charge is 2.29. The topological polar surface area (TPSA) is 71.7 Å². The summed E-state index contributed by atoms with van der Waals surface area (Å²) in [6.07, 6.45) is 3.11. The Labute approximate surface area is 118 Å². The third kappa shape index (κ3) is 2.72. The minimum absolute atomic E-state index is 0.435. The zero-order valence-corrected chi connectivity index (χ0v) is 11.9. The number of halogens is 1. The van der Waals surface area contributed by atoms with Crippen LogP contribution < -0.4 is 5.32 Å². The number of aliphatic hydroxyl groups is 1. The van der Waals surface area contributed by atoms with Crippen LogP contribution in [0, 0.1) is 0 Å². The molecule has 0 spiro atoms. The number of hydrogen-bond donors (Lipinski definition) is 2. The van der Waals surface area contributed by atoms with Gasteiger partial charge in [-0.2, -0.15) is 4.98 Å². The summed E-state index contributed by atoms with van der Waals surface area (Å²) < 4.78 is 7.84. The highest BCUT2D eigenvalue weighted by atomic mass is 79.9. The molecule has 1 saturated heterocycles. The van der Waals surface area contributed by atoms with Gasteiger partial charge in [-0.3, -0.25) is 0 Å². The van der Waals surface area contributed by atoms with Crippen LogP contribution >= 0.6 is 15.9 Å². The molecule has 1 aliphatic heterocycles. The van der Waals surface area contributed by atoms with Crippen LogP contribution in [0.25, 0.3) is 5.65 Å². The Bertz CT molecular complexity index is 580. The van der Waals surface area contributed by atoms with Gasteiger partial charge in [0.1, 0.15) is 0 Å². The molecular weight excluding hydrogens is 312 g/mol. The molecule has 0 aliphatic carbocycles. The van der Waals surface area contributed by atoms with E-state index in [1.54, 1.807) is 4.52 Å². The largest absolute Gasteiger partial charge is 0.388 e. The minimum atomic E-state index is -0.729. The van der Waals surface area contributed by atoms with Gasteiger partial charge in [0.15, 0.2) is 5.65 Å². The van der Waals surface area contributed by atoms with Gasteiger partial charge in [0, 0.05) is 38.8 Å². The highest BCUT2D eigenvalue weighted by molar-refractivity contribution is 9.10. The fourth-order valence-corrected chi connectivity index (χ4v) is 2.54. The maximum atomic E-state index is 10.3. The van der Waals surface area contributed by atoms with Crippen LogP contribution in [0.3, 0.4) is 0 Å². The van der Waals surface area contributed by atoms with Gasteiger partial charge in [-0.15, -0.1) is 5.10 Å². The van der Waals surface area contributed by atoms with Crippen LogP contribution in [0.4, 0.5) is 5.95 Å². The van der Waals surface area contributed by atoms with Gasteiger partial charge in [0.2, 0.25) is 5.95 Å². The first-order valence-corrected chi connectivity index (χ1v) is 7.01. The molecule has 0 atom stereocenters. The minimum Gasteiger partial charge on any atom is -0.388 e. The Hall–Kier alpha value is -1.18. The molecule has 2 aromatic rings. The summed E-state index contributed by atoms with van der Waals surface area (Å²) in [7, 11) is 0. The van der Waals surface area contributed by atoms with Crippen LogP contribution in [-0.2, 0) is 4.74 Å². The molecule has 0 saturated carbocycles. The number of rotatable bonds is 3. The number of nitrogens with one attached hydrogen (secondary N) is 1. The molecule has 0 bridgehead atoms. The van der Waals surface area contributed by atoms with Gasteiger partial charge < -0.3 is 15.2 Å². The fourth-order valence-electron chi connectivity index (χ4n) is 2.12. The van der Waals surface area contributed by atoms with E-state index in [2.05, 4.69) is 31.3 Å². The van der Waals surface area contributed by atoms with E-state index in [0.29, 0.717) is 38.5 Å². The van der Waals surface area contributed by atoms with Crippen molar-refractivity contribution in [2.45, 2.75) is 18.4 Å². The van der Waals surface area contributed by atoms with Gasteiger partial charge in [0.05, 0.1) is 10.1 Å². The van der Waals surface area contributed by atoms with Crippen LogP contribution in [0.15, 0.2) is 22.8 Å². The summed E-state index contributed by atoms with van der Waals surface area (Å²) in [4.78, 5) is 4.38. The van der Waals surface area contributed by atoms with Crippen molar-refractivity contribution in [2.24, 2.45) is 0 Å². The van der Waals surface area contributed by atoms with E-state index in [9.17, 15) is 5.11 Å². The second-order valence-corrected chi connectivity index (χ2v) is 5.60. The van der Waals surface area contributed by atoms with Crippen molar-refractivity contribution < 1.29 is 9.84 Å². The Morgan fingerprint density at radius 2 is 2.26 bits per heavy atom. The van der Waals surface area contributed by atoms with Crippen LogP contribution in [0.1, 0.15) is 12.8 Å². The van der Waals surface area contributed by atoms with E-state index >= 15 is 0 Å². The van der Waals surface area contributed by atoms with Gasteiger partial charge >= 0.3 is 0 Å². The van der Waals surface area contributed by atoms with Crippen molar-refractivity contribution in [1.29, 1.82) is 0 Å². The van der Waals surface area contributed by atoms with Crippen molar-refractivity contribution in [2.75, 3.05) is 25.1 Å². The van der Waals surface area contributed by atoms with E-state index in [1.165, 1.54) is 0 Å². The maximum absolute atomic E-state index is 10.3. The van der Waals surface area contributed by atoms with E-state index < -0.39 is 5.60 Å². The molecule has 2 N–H and O–H groups in total. The van der Waals surface area contributed by atoms with Crippen LogP contribution in [-0.4, -0.2) is 45.1 Å². The van der Waals surface area contributed by atoms with Crippen molar-refractivity contribution in [3.8, 4) is 0 Å². The molecule has 102 valence electrons. The number of pyridine rings is 1. The lowest BCUT2D eigenvalue weighted by molar-refractivity contribution is -0.0544. The van der Waals surface area contributed by atoms with Gasteiger partial charge in [-0.25, -0.2) is 4.52 Å². The summed E-state index contributed by atoms with van der Waals surface area (Å²) in [6.45, 7) is 1.63. The second kappa shape index (κ2) is 5.07. The normalized spacial score (nSPS) is 18.6. The zero-order chi connectivity index (χ0) is 13.3. The SMILES string of the molecule is OC1(CNc2nc3c(Br)cccn3n2)CCOCC1. The first kappa shape index (κ1) is 12.8. The second-order valence-electron chi connectivity index (χ2n) is 4.75.